The summed E-state index contributed by atoms with van der Waals surface area (Å²) in [5, 5.41) is 2.39. The lowest BCUT2D eigenvalue weighted by Gasteiger charge is -2.10. The smallest absolute Gasteiger partial charge is 0.335 e. The van der Waals surface area contributed by atoms with Crippen LogP contribution in [0.1, 0.15) is 13.3 Å². The molecule has 0 rings (SSSR count). The molecule has 1 unspecified atom stereocenters. The van der Waals surface area contributed by atoms with Crippen molar-refractivity contribution in [3.8, 4) is 0 Å². The topological polar surface area (TPSA) is 89.3 Å². The maximum atomic E-state index is 10.8. The van der Waals surface area contributed by atoms with Gasteiger partial charge in [-0.1, -0.05) is 4.57 Å². The number of primary amides is 1. The van der Waals surface area contributed by atoms with E-state index in [1.165, 1.54) is 6.92 Å². The Hall–Kier alpha value is -0.960. The van der Waals surface area contributed by atoms with Crippen molar-refractivity contribution >= 4 is 19.6 Å². The monoisotopic (exact) mass is 205 g/mol. The van der Waals surface area contributed by atoms with Gasteiger partial charge < -0.3 is 11.1 Å². The Morgan fingerprint density at radius 3 is 2.38 bits per heavy atom. The van der Waals surface area contributed by atoms with Crippen LogP contribution in [0, 0.1) is 0 Å². The van der Waals surface area contributed by atoms with Gasteiger partial charge in [-0.3, -0.25) is 9.59 Å². The van der Waals surface area contributed by atoms with Crippen molar-refractivity contribution in [3.05, 3.63) is 0 Å². The van der Waals surface area contributed by atoms with Crippen LogP contribution in [0.5, 0.6) is 0 Å². The van der Waals surface area contributed by atoms with Gasteiger partial charge in [0.2, 0.25) is 11.8 Å². The zero-order chi connectivity index (χ0) is 10.4. The quantitative estimate of drug-likeness (QED) is 0.610. The molecule has 0 aliphatic rings. The molecule has 0 heterocycles. The number of rotatable bonds is 5. The van der Waals surface area contributed by atoms with Crippen LogP contribution in [0.4, 0.5) is 0 Å². The summed E-state index contributed by atoms with van der Waals surface area (Å²) in [7, 11) is -1.29. The molecular formula is C7H14N2O3P+. The first kappa shape index (κ1) is 12.0. The molecule has 0 fully saturated rings. The summed E-state index contributed by atoms with van der Waals surface area (Å²) in [6.07, 6.45) is 0.726. The first-order valence-corrected chi connectivity index (χ1v) is 5.77. The highest BCUT2D eigenvalue weighted by molar-refractivity contribution is 7.43. The molecule has 2 amide bonds. The van der Waals surface area contributed by atoms with E-state index in [1.807, 2.05) is 0 Å². The van der Waals surface area contributed by atoms with Crippen molar-refractivity contribution in [2.45, 2.75) is 19.4 Å². The lowest BCUT2D eigenvalue weighted by molar-refractivity contribution is -0.126. The van der Waals surface area contributed by atoms with Gasteiger partial charge in [0, 0.05) is 13.3 Å². The second-order valence-corrected chi connectivity index (χ2v) is 4.50. The molecule has 74 valence electrons. The molecule has 0 bridgehead atoms. The molecule has 0 saturated carbocycles. The number of nitrogens with two attached hydrogens (primary N) is 1. The summed E-state index contributed by atoms with van der Waals surface area (Å²) >= 11 is 0. The van der Waals surface area contributed by atoms with E-state index in [-0.39, 0.29) is 5.91 Å². The average molecular weight is 205 g/mol. The summed E-state index contributed by atoms with van der Waals surface area (Å²) in [5.74, 6) is -0.901. The Labute approximate surface area is 77.8 Å². The molecule has 2 atom stereocenters. The first-order valence-electron chi connectivity index (χ1n) is 3.88. The fraction of sp³-hybridized carbons (Fsp3) is 0.714. The van der Waals surface area contributed by atoms with Crippen LogP contribution in [-0.4, -0.2) is 30.7 Å². The van der Waals surface area contributed by atoms with Gasteiger partial charge in [0.15, 0.2) is 0 Å². The fourth-order valence-electron chi connectivity index (χ4n) is 0.842. The summed E-state index contributed by atoms with van der Waals surface area (Å²) in [4.78, 5) is 21.4. The second-order valence-electron chi connectivity index (χ2n) is 2.80. The fourth-order valence-corrected chi connectivity index (χ4v) is 1.46. The van der Waals surface area contributed by atoms with Crippen molar-refractivity contribution in [1.29, 1.82) is 0 Å². The third-order valence-corrected chi connectivity index (χ3v) is 2.34. The normalized spacial score (nSPS) is 13.2. The molecular weight excluding hydrogens is 191 g/mol. The second kappa shape index (κ2) is 5.65. The summed E-state index contributed by atoms with van der Waals surface area (Å²) in [6.45, 7) is 2.88. The maximum Gasteiger partial charge on any atom is 0.335 e. The number of carbonyl (C=O) groups excluding carboxylic acids is 2. The van der Waals surface area contributed by atoms with E-state index in [1.54, 1.807) is 6.66 Å². The zero-order valence-corrected chi connectivity index (χ0v) is 8.64. The molecule has 0 aliphatic heterocycles. The molecule has 0 radical (unpaired) electrons. The van der Waals surface area contributed by atoms with Gasteiger partial charge in [-0.15, -0.1) is 0 Å². The molecule has 6 heteroatoms. The van der Waals surface area contributed by atoms with Crippen LogP contribution in [0.25, 0.3) is 0 Å². The number of nitrogens with one attached hydrogen (secondary N) is 1. The summed E-state index contributed by atoms with van der Waals surface area (Å²) in [5.41, 5.74) is 5.02. The molecule has 13 heavy (non-hydrogen) atoms. The van der Waals surface area contributed by atoms with Crippen LogP contribution < -0.4 is 11.1 Å². The number of amides is 2. The van der Waals surface area contributed by atoms with E-state index in [4.69, 9.17) is 5.73 Å². The third-order valence-electron chi connectivity index (χ3n) is 1.45. The van der Waals surface area contributed by atoms with Crippen molar-refractivity contribution in [3.63, 3.8) is 0 Å². The van der Waals surface area contributed by atoms with E-state index in [0.717, 1.165) is 0 Å². The number of hydrogen-bond acceptors (Lipinski definition) is 3. The standard InChI is InChI=1S/C7H13N2O3P/c1-5(10)9-6(7(8)11)3-4-13(2)12/h6H,3-4H2,1-2H3,(H2-,8,9,10,11)/p+1/t6-/m0/s1. The number of hydrogen-bond donors (Lipinski definition) is 2. The van der Waals surface area contributed by atoms with Gasteiger partial charge in [0.25, 0.3) is 0 Å². The maximum absolute atomic E-state index is 10.8. The predicted octanol–water partition coefficient (Wildman–Crippen LogP) is -0.176. The minimum Gasteiger partial charge on any atom is -0.368 e. The molecule has 5 nitrogen and oxygen atoms in total. The molecule has 0 aromatic heterocycles. The van der Waals surface area contributed by atoms with Gasteiger partial charge in [-0.25, -0.2) is 0 Å². The number of carbonyl (C=O) groups is 2. The van der Waals surface area contributed by atoms with Crippen LogP contribution in [-0.2, 0) is 14.2 Å². The van der Waals surface area contributed by atoms with Crippen molar-refractivity contribution in [2.75, 3.05) is 12.8 Å². The Bertz CT molecular complexity index is 230. The van der Waals surface area contributed by atoms with Gasteiger partial charge in [0.1, 0.15) is 18.9 Å². The Morgan fingerprint density at radius 1 is 1.54 bits per heavy atom. The largest absolute Gasteiger partial charge is 0.368 e. The molecule has 0 saturated heterocycles. The highest BCUT2D eigenvalue weighted by Crippen LogP contribution is 2.15. The Balaban J connectivity index is 4.02. The first-order chi connectivity index (χ1) is 5.93. The predicted molar refractivity (Wildman–Crippen MR) is 49.8 cm³/mol. The average Bonchev–Trinajstić information content (AvgIpc) is 1.96. The van der Waals surface area contributed by atoms with E-state index in [9.17, 15) is 14.2 Å². The van der Waals surface area contributed by atoms with Gasteiger partial charge in [-0.05, 0) is 0 Å². The lowest BCUT2D eigenvalue weighted by Crippen LogP contribution is -2.43. The van der Waals surface area contributed by atoms with Crippen molar-refractivity contribution < 1.29 is 14.2 Å². The highest BCUT2D eigenvalue weighted by Gasteiger charge is 2.19. The van der Waals surface area contributed by atoms with Gasteiger partial charge in [0.05, 0.1) is 0 Å². The zero-order valence-electron chi connectivity index (χ0n) is 7.74. The summed E-state index contributed by atoms with van der Waals surface area (Å²) < 4.78 is 10.7. The Kier molecular flexibility index (Phi) is 5.23. The molecule has 0 aliphatic carbocycles. The third kappa shape index (κ3) is 6.22. The lowest BCUT2D eigenvalue weighted by atomic mass is 10.2. The van der Waals surface area contributed by atoms with Gasteiger partial charge in [-0.2, -0.15) is 0 Å². The SMILES string of the molecule is CC(=O)N[C@@H](CC[P+](C)=O)C(N)=O. The van der Waals surface area contributed by atoms with Crippen LogP contribution >= 0.6 is 7.80 Å². The minimum atomic E-state index is -1.29. The van der Waals surface area contributed by atoms with E-state index >= 15 is 0 Å². The summed E-state index contributed by atoms with van der Waals surface area (Å²) in [6, 6.07) is -0.698. The molecule has 0 aromatic carbocycles. The molecule has 0 spiro atoms. The van der Waals surface area contributed by atoms with Crippen LogP contribution in [0.15, 0.2) is 0 Å². The Morgan fingerprint density at radius 2 is 2.08 bits per heavy atom. The van der Waals surface area contributed by atoms with Crippen molar-refractivity contribution in [2.24, 2.45) is 5.73 Å². The molecule has 0 aromatic rings. The van der Waals surface area contributed by atoms with Crippen molar-refractivity contribution in [1.82, 2.24) is 5.32 Å². The highest BCUT2D eigenvalue weighted by atomic mass is 31.1. The van der Waals surface area contributed by atoms with E-state index in [0.29, 0.717) is 12.6 Å². The van der Waals surface area contributed by atoms with E-state index < -0.39 is 19.8 Å². The van der Waals surface area contributed by atoms with Crippen LogP contribution in [0.3, 0.4) is 0 Å². The van der Waals surface area contributed by atoms with Gasteiger partial charge >= 0.3 is 7.80 Å². The minimum absolute atomic E-state index is 0.310. The molecule has 3 N–H and O–H groups in total. The van der Waals surface area contributed by atoms with Crippen LogP contribution in [0.2, 0.25) is 0 Å². The van der Waals surface area contributed by atoms with E-state index in [2.05, 4.69) is 5.32 Å².